The third kappa shape index (κ3) is 5.47. The fourth-order valence-electron chi connectivity index (χ4n) is 4.19. The highest BCUT2D eigenvalue weighted by atomic mass is 32.2. The van der Waals surface area contributed by atoms with E-state index in [9.17, 15) is 8.42 Å². The van der Waals surface area contributed by atoms with Crippen LogP contribution in [0, 0.1) is 0 Å². The first-order chi connectivity index (χ1) is 16.9. The Morgan fingerprint density at radius 3 is 2.74 bits per heavy atom. The monoisotopic (exact) mass is 493 g/mol. The molecule has 0 saturated heterocycles. The molecule has 8 nitrogen and oxygen atoms in total. The van der Waals surface area contributed by atoms with E-state index >= 15 is 0 Å². The standard InChI is InChI=1S/C26H31N5O3S/c1-3-4-5-15-23-30-24-25(21-13-6-7-14-22(21)29-26(24)27)31(23)17-9-8-16-28-35(32,33)20-12-10-11-19(18-20)34-2/h3,6-7,10-14,18,28H,1,4-5,8-9,15-17H2,2H3,(H2,27,29). The number of aromatic nitrogens is 3. The van der Waals surface area contributed by atoms with Gasteiger partial charge in [-0.3, -0.25) is 0 Å². The summed E-state index contributed by atoms with van der Waals surface area (Å²) in [6.45, 7) is 4.85. The first-order valence-corrected chi connectivity index (χ1v) is 13.2. The van der Waals surface area contributed by atoms with Crippen LogP contribution in [0.15, 0.2) is 66.1 Å². The van der Waals surface area contributed by atoms with Crippen LogP contribution in [-0.2, 0) is 23.0 Å². The van der Waals surface area contributed by atoms with E-state index in [1.807, 2.05) is 30.3 Å². The molecule has 0 unspecified atom stereocenters. The van der Waals surface area contributed by atoms with E-state index < -0.39 is 10.0 Å². The molecule has 0 aliphatic heterocycles. The number of anilines is 1. The third-order valence-electron chi connectivity index (χ3n) is 5.95. The van der Waals surface area contributed by atoms with Crippen molar-refractivity contribution in [3.63, 3.8) is 0 Å². The maximum absolute atomic E-state index is 12.6. The lowest BCUT2D eigenvalue weighted by atomic mass is 10.2. The van der Waals surface area contributed by atoms with Crippen molar-refractivity contribution < 1.29 is 13.2 Å². The molecule has 2 aromatic carbocycles. The van der Waals surface area contributed by atoms with Gasteiger partial charge in [0.15, 0.2) is 5.82 Å². The molecule has 4 rings (SSSR count). The summed E-state index contributed by atoms with van der Waals surface area (Å²) < 4.78 is 35.3. The fraction of sp³-hybridized carbons (Fsp3) is 0.308. The fourth-order valence-corrected chi connectivity index (χ4v) is 5.30. The number of ether oxygens (including phenoxy) is 1. The number of hydrogen-bond donors (Lipinski definition) is 2. The zero-order chi connectivity index (χ0) is 24.8. The number of benzene rings is 2. The van der Waals surface area contributed by atoms with Gasteiger partial charge in [0.25, 0.3) is 0 Å². The SMILES string of the molecule is C=CCCCc1nc2c(N)nc3ccccc3c2n1CCCCNS(=O)(=O)c1cccc(OC)c1. The molecule has 2 aromatic heterocycles. The number of unbranched alkanes of at least 4 members (excludes halogenated alkanes) is 2. The van der Waals surface area contributed by atoms with E-state index in [1.165, 1.54) is 13.2 Å². The van der Waals surface area contributed by atoms with E-state index in [1.54, 1.807) is 18.2 Å². The number of nitrogens with one attached hydrogen (secondary N) is 1. The number of hydrogen-bond acceptors (Lipinski definition) is 6. The molecule has 0 fully saturated rings. The van der Waals surface area contributed by atoms with E-state index in [-0.39, 0.29) is 4.90 Å². The summed E-state index contributed by atoms with van der Waals surface area (Å²) in [5.41, 5.74) is 8.81. The average Bonchev–Trinajstić information content (AvgIpc) is 3.23. The number of pyridine rings is 1. The van der Waals surface area contributed by atoms with Crippen molar-refractivity contribution >= 4 is 37.8 Å². The molecule has 0 radical (unpaired) electrons. The van der Waals surface area contributed by atoms with E-state index in [4.69, 9.17) is 15.5 Å². The maximum atomic E-state index is 12.6. The Morgan fingerprint density at radius 2 is 1.94 bits per heavy atom. The highest BCUT2D eigenvalue weighted by Crippen LogP contribution is 2.29. The van der Waals surface area contributed by atoms with Gasteiger partial charge in [0, 0.05) is 31.0 Å². The number of nitrogen functional groups attached to an aromatic ring is 1. The van der Waals surface area contributed by atoms with Gasteiger partial charge in [0.1, 0.15) is 17.1 Å². The summed E-state index contributed by atoms with van der Waals surface area (Å²) in [7, 11) is -2.09. The number of allylic oxidation sites excluding steroid dienone is 1. The summed E-state index contributed by atoms with van der Waals surface area (Å²) in [5, 5.41) is 1.01. The van der Waals surface area contributed by atoms with Gasteiger partial charge in [-0.2, -0.15) is 0 Å². The van der Waals surface area contributed by atoms with Crippen molar-refractivity contribution in [3.05, 3.63) is 67.0 Å². The molecule has 0 spiro atoms. The number of aryl methyl sites for hydroxylation is 2. The summed E-state index contributed by atoms with van der Waals surface area (Å²) in [5.74, 6) is 1.89. The number of rotatable bonds is 12. The number of fused-ring (bicyclic) bond motifs is 3. The van der Waals surface area contributed by atoms with Crippen LogP contribution in [0.4, 0.5) is 5.82 Å². The molecule has 0 atom stereocenters. The molecule has 4 aromatic rings. The van der Waals surface area contributed by atoms with Crippen LogP contribution in [0.1, 0.15) is 31.5 Å². The predicted octanol–water partition coefficient (Wildman–Crippen LogP) is 4.44. The second-order valence-electron chi connectivity index (χ2n) is 8.36. The first-order valence-electron chi connectivity index (χ1n) is 11.7. The molecule has 0 aliphatic rings. The smallest absolute Gasteiger partial charge is 0.240 e. The number of sulfonamides is 1. The quantitative estimate of drug-likeness (QED) is 0.223. The molecule has 0 aliphatic carbocycles. The molecule has 184 valence electrons. The van der Waals surface area contributed by atoms with Crippen molar-refractivity contribution in [2.75, 3.05) is 19.4 Å². The van der Waals surface area contributed by atoms with E-state index in [2.05, 4.69) is 20.9 Å². The van der Waals surface area contributed by atoms with E-state index in [0.29, 0.717) is 31.1 Å². The summed E-state index contributed by atoms with van der Waals surface area (Å²) in [6.07, 6.45) is 6.01. The van der Waals surface area contributed by atoms with Crippen molar-refractivity contribution in [1.82, 2.24) is 19.3 Å². The Balaban J connectivity index is 1.51. The average molecular weight is 494 g/mol. The van der Waals surface area contributed by atoms with Gasteiger partial charge in [-0.15, -0.1) is 6.58 Å². The second kappa shape index (κ2) is 10.9. The van der Waals surface area contributed by atoms with Crippen molar-refractivity contribution in [1.29, 1.82) is 0 Å². The highest BCUT2D eigenvalue weighted by Gasteiger charge is 2.17. The van der Waals surface area contributed by atoms with Gasteiger partial charge in [0.2, 0.25) is 10.0 Å². The van der Waals surface area contributed by atoms with Gasteiger partial charge < -0.3 is 15.0 Å². The van der Waals surface area contributed by atoms with Crippen molar-refractivity contribution in [3.8, 4) is 5.75 Å². The minimum absolute atomic E-state index is 0.191. The molecule has 0 amide bonds. The first kappa shape index (κ1) is 24.7. The van der Waals surface area contributed by atoms with Gasteiger partial charge in [0.05, 0.1) is 23.0 Å². The lowest BCUT2D eigenvalue weighted by Gasteiger charge is -2.12. The van der Waals surface area contributed by atoms with Gasteiger partial charge in [-0.05, 0) is 43.9 Å². The largest absolute Gasteiger partial charge is 0.497 e. The molecule has 0 saturated carbocycles. The normalized spacial score (nSPS) is 11.8. The highest BCUT2D eigenvalue weighted by molar-refractivity contribution is 7.89. The Labute approximate surface area is 205 Å². The lowest BCUT2D eigenvalue weighted by Crippen LogP contribution is -2.25. The third-order valence-corrected chi connectivity index (χ3v) is 7.41. The van der Waals surface area contributed by atoms with Crippen LogP contribution < -0.4 is 15.2 Å². The number of imidazole rings is 1. The van der Waals surface area contributed by atoms with Crippen LogP contribution in [-0.4, -0.2) is 36.6 Å². The number of methoxy groups -OCH3 is 1. The zero-order valence-electron chi connectivity index (χ0n) is 19.9. The zero-order valence-corrected chi connectivity index (χ0v) is 20.7. The molecule has 35 heavy (non-hydrogen) atoms. The predicted molar refractivity (Wildman–Crippen MR) is 140 cm³/mol. The maximum Gasteiger partial charge on any atom is 0.240 e. The van der Waals surface area contributed by atoms with Gasteiger partial charge >= 0.3 is 0 Å². The Hall–Kier alpha value is -3.43. The molecular formula is C26H31N5O3S. The molecular weight excluding hydrogens is 462 g/mol. The van der Waals surface area contributed by atoms with Crippen LogP contribution in [0.25, 0.3) is 21.9 Å². The molecule has 2 heterocycles. The summed E-state index contributed by atoms with van der Waals surface area (Å²) >= 11 is 0. The lowest BCUT2D eigenvalue weighted by molar-refractivity contribution is 0.413. The summed E-state index contributed by atoms with van der Waals surface area (Å²) in [6, 6.07) is 14.4. The van der Waals surface area contributed by atoms with E-state index in [0.717, 1.165) is 53.4 Å². The topological polar surface area (TPSA) is 112 Å². The van der Waals surface area contributed by atoms with Gasteiger partial charge in [-0.25, -0.2) is 23.1 Å². The van der Waals surface area contributed by atoms with Crippen LogP contribution in [0.2, 0.25) is 0 Å². The van der Waals surface area contributed by atoms with Gasteiger partial charge in [-0.1, -0.05) is 30.3 Å². The molecule has 0 bridgehead atoms. The second-order valence-corrected chi connectivity index (χ2v) is 10.1. The minimum Gasteiger partial charge on any atom is -0.497 e. The molecule has 3 N–H and O–H groups in total. The number of nitrogens with zero attached hydrogens (tertiary/aromatic N) is 3. The van der Waals surface area contributed by atoms with Crippen LogP contribution in [0.3, 0.4) is 0 Å². The Bertz CT molecular complexity index is 1450. The molecule has 9 heteroatoms. The van der Waals surface area contributed by atoms with Crippen LogP contribution in [0.5, 0.6) is 5.75 Å². The Morgan fingerprint density at radius 1 is 1.11 bits per heavy atom. The minimum atomic E-state index is -3.60. The van der Waals surface area contributed by atoms with Crippen LogP contribution >= 0.6 is 0 Å². The summed E-state index contributed by atoms with van der Waals surface area (Å²) in [4.78, 5) is 9.57. The van der Waals surface area contributed by atoms with Crippen molar-refractivity contribution in [2.24, 2.45) is 0 Å². The number of nitrogens with two attached hydrogens (primary N) is 1. The Kier molecular flexibility index (Phi) is 7.67. The van der Waals surface area contributed by atoms with Crippen molar-refractivity contribution in [2.45, 2.75) is 43.5 Å². The number of para-hydroxylation sites is 1.